The van der Waals surface area contributed by atoms with Crippen LogP contribution in [-0.2, 0) is 6.54 Å². The number of hydrogen-bond acceptors (Lipinski definition) is 4. The number of nitrogens with zero attached hydrogens (tertiary/aromatic N) is 3. The van der Waals surface area contributed by atoms with Crippen molar-refractivity contribution in [3.63, 3.8) is 0 Å². The van der Waals surface area contributed by atoms with Gasteiger partial charge in [-0.1, -0.05) is 44.2 Å². The van der Waals surface area contributed by atoms with Gasteiger partial charge in [-0.3, -0.25) is 9.36 Å². The Balaban J connectivity index is 2.21. The molecular weight excluding hydrogens is 318 g/mol. The van der Waals surface area contributed by atoms with Gasteiger partial charge in [-0.15, -0.1) is 11.3 Å². The van der Waals surface area contributed by atoms with E-state index in [-0.39, 0.29) is 11.5 Å². The van der Waals surface area contributed by atoms with Crippen LogP contribution in [0.1, 0.15) is 38.4 Å². The number of benzene rings is 1. The molecule has 3 rings (SSSR count). The van der Waals surface area contributed by atoms with Crippen molar-refractivity contribution in [2.75, 3.05) is 0 Å². The molecule has 0 aliphatic rings. The fraction of sp³-hybridized carbons (Fsp3) is 0.316. The summed E-state index contributed by atoms with van der Waals surface area (Å²) in [4.78, 5) is 18.7. The van der Waals surface area contributed by atoms with Crippen LogP contribution in [0.2, 0.25) is 0 Å². The van der Waals surface area contributed by atoms with Crippen LogP contribution < -0.4 is 5.56 Å². The molecule has 0 amide bonds. The normalized spacial score (nSPS) is 11.1. The molecule has 0 saturated carbocycles. The Bertz CT molecular complexity index is 948. The van der Waals surface area contributed by atoms with Crippen molar-refractivity contribution in [3.8, 4) is 17.2 Å². The lowest BCUT2D eigenvalue weighted by molar-refractivity contribution is 0.568. The standard InChI is InChI=1S/C19H19N3OS/c1-13(2)17-21-18-16(19(23)22(17)11-7-6-10-20)15(12-24-18)14-8-4-3-5-9-14/h3-5,8-9,12-13H,6-7,11H2,1-2H3. The van der Waals surface area contributed by atoms with Gasteiger partial charge in [0, 0.05) is 29.8 Å². The highest BCUT2D eigenvalue weighted by molar-refractivity contribution is 7.17. The van der Waals surface area contributed by atoms with Gasteiger partial charge < -0.3 is 0 Å². The summed E-state index contributed by atoms with van der Waals surface area (Å²) >= 11 is 1.51. The lowest BCUT2D eigenvalue weighted by Gasteiger charge is -2.14. The molecule has 0 aliphatic carbocycles. The van der Waals surface area contributed by atoms with E-state index in [4.69, 9.17) is 10.2 Å². The summed E-state index contributed by atoms with van der Waals surface area (Å²) in [6.45, 7) is 4.62. The summed E-state index contributed by atoms with van der Waals surface area (Å²) < 4.78 is 1.75. The van der Waals surface area contributed by atoms with Crippen molar-refractivity contribution in [1.82, 2.24) is 9.55 Å². The highest BCUT2D eigenvalue weighted by Gasteiger charge is 2.18. The predicted octanol–water partition coefficient (Wildman–Crippen LogP) is 4.55. The first-order chi connectivity index (χ1) is 11.6. The highest BCUT2D eigenvalue weighted by Crippen LogP contribution is 2.31. The maximum atomic E-state index is 13.1. The van der Waals surface area contributed by atoms with E-state index in [1.54, 1.807) is 4.57 Å². The molecular formula is C19H19N3OS. The third kappa shape index (κ3) is 2.98. The molecule has 0 aliphatic heterocycles. The second-order valence-corrected chi connectivity index (χ2v) is 6.90. The van der Waals surface area contributed by atoms with Crippen molar-refractivity contribution in [2.45, 2.75) is 39.2 Å². The molecule has 122 valence electrons. The highest BCUT2D eigenvalue weighted by atomic mass is 32.1. The molecule has 0 saturated heterocycles. The largest absolute Gasteiger partial charge is 0.296 e. The predicted molar refractivity (Wildman–Crippen MR) is 98.3 cm³/mol. The van der Waals surface area contributed by atoms with E-state index in [9.17, 15) is 4.79 Å². The fourth-order valence-corrected chi connectivity index (χ4v) is 3.79. The van der Waals surface area contributed by atoms with Crippen LogP contribution >= 0.6 is 11.3 Å². The molecule has 0 atom stereocenters. The smallest absolute Gasteiger partial charge is 0.262 e. The van der Waals surface area contributed by atoms with Crippen molar-refractivity contribution in [3.05, 3.63) is 51.9 Å². The number of unbranched alkanes of at least 4 members (excludes halogenated alkanes) is 1. The Hall–Kier alpha value is -2.45. The summed E-state index contributed by atoms with van der Waals surface area (Å²) in [6, 6.07) is 12.1. The Morgan fingerprint density at radius 1 is 1.29 bits per heavy atom. The van der Waals surface area contributed by atoms with Crippen molar-refractivity contribution >= 4 is 21.6 Å². The van der Waals surface area contributed by atoms with E-state index >= 15 is 0 Å². The molecule has 5 heteroatoms. The zero-order valence-corrected chi connectivity index (χ0v) is 14.6. The number of thiophene rings is 1. The van der Waals surface area contributed by atoms with Crippen molar-refractivity contribution in [2.24, 2.45) is 0 Å². The van der Waals surface area contributed by atoms with Gasteiger partial charge in [-0.2, -0.15) is 5.26 Å². The molecule has 0 radical (unpaired) electrons. The molecule has 2 aromatic heterocycles. The van der Waals surface area contributed by atoms with Gasteiger partial charge in [-0.05, 0) is 12.0 Å². The minimum absolute atomic E-state index is 0.00161. The van der Waals surface area contributed by atoms with Gasteiger partial charge in [0.2, 0.25) is 0 Å². The van der Waals surface area contributed by atoms with E-state index in [2.05, 4.69) is 6.07 Å². The molecule has 0 N–H and O–H groups in total. The van der Waals surface area contributed by atoms with Crippen molar-refractivity contribution in [1.29, 1.82) is 5.26 Å². The van der Waals surface area contributed by atoms with Gasteiger partial charge in [-0.25, -0.2) is 4.98 Å². The maximum Gasteiger partial charge on any atom is 0.262 e. The minimum Gasteiger partial charge on any atom is -0.296 e. The monoisotopic (exact) mass is 337 g/mol. The second kappa shape index (κ2) is 6.98. The quantitative estimate of drug-likeness (QED) is 0.642. The fourth-order valence-electron chi connectivity index (χ4n) is 2.84. The van der Waals surface area contributed by atoms with Gasteiger partial charge in [0.05, 0.1) is 11.5 Å². The molecule has 24 heavy (non-hydrogen) atoms. The molecule has 0 unspecified atom stereocenters. The van der Waals surface area contributed by atoms with Crippen LogP contribution in [0.4, 0.5) is 0 Å². The van der Waals surface area contributed by atoms with Gasteiger partial charge in [0.25, 0.3) is 5.56 Å². The zero-order chi connectivity index (χ0) is 17.1. The SMILES string of the molecule is CC(C)c1nc2scc(-c3ccccc3)c2c(=O)n1CCCC#N. The third-order valence-electron chi connectivity index (χ3n) is 3.99. The third-order valence-corrected chi connectivity index (χ3v) is 4.87. The summed E-state index contributed by atoms with van der Waals surface area (Å²) in [6.07, 6.45) is 1.10. The Morgan fingerprint density at radius 2 is 2.04 bits per heavy atom. The number of hydrogen-bond donors (Lipinski definition) is 0. The zero-order valence-electron chi connectivity index (χ0n) is 13.8. The summed E-state index contributed by atoms with van der Waals surface area (Å²) in [5.41, 5.74) is 1.97. The average molecular weight is 337 g/mol. The van der Waals surface area contributed by atoms with E-state index in [1.807, 2.05) is 49.6 Å². The van der Waals surface area contributed by atoms with Crippen LogP contribution in [0, 0.1) is 11.3 Å². The number of fused-ring (bicyclic) bond motifs is 1. The van der Waals surface area contributed by atoms with Crippen LogP contribution in [0.15, 0.2) is 40.5 Å². The van der Waals surface area contributed by atoms with Crippen molar-refractivity contribution < 1.29 is 0 Å². The summed E-state index contributed by atoms with van der Waals surface area (Å²) in [7, 11) is 0. The minimum atomic E-state index is 0.00161. The lowest BCUT2D eigenvalue weighted by Crippen LogP contribution is -2.26. The molecule has 3 aromatic rings. The molecule has 1 aromatic carbocycles. The first-order valence-electron chi connectivity index (χ1n) is 8.07. The molecule has 0 bridgehead atoms. The summed E-state index contributed by atoms with van der Waals surface area (Å²) in [5.74, 6) is 0.957. The molecule has 4 nitrogen and oxygen atoms in total. The van der Waals surface area contributed by atoms with E-state index in [0.29, 0.717) is 24.8 Å². The molecule has 0 fully saturated rings. The second-order valence-electron chi connectivity index (χ2n) is 6.04. The van der Waals surface area contributed by atoms with E-state index < -0.39 is 0 Å². The Kier molecular flexibility index (Phi) is 4.77. The molecule has 2 heterocycles. The summed E-state index contributed by atoms with van der Waals surface area (Å²) in [5, 5.41) is 11.5. The number of rotatable bonds is 5. The van der Waals surface area contributed by atoms with Gasteiger partial charge >= 0.3 is 0 Å². The van der Waals surface area contributed by atoms with E-state index in [0.717, 1.165) is 21.8 Å². The van der Waals surface area contributed by atoms with Crippen LogP contribution in [0.3, 0.4) is 0 Å². The van der Waals surface area contributed by atoms with Crippen LogP contribution in [0.5, 0.6) is 0 Å². The average Bonchev–Trinajstić information content (AvgIpc) is 3.01. The van der Waals surface area contributed by atoms with E-state index in [1.165, 1.54) is 11.3 Å². The Morgan fingerprint density at radius 3 is 2.71 bits per heavy atom. The first kappa shape index (κ1) is 16.4. The Labute approximate surface area is 145 Å². The van der Waals surface area contributed by atoms with Crippen LogP contribution in [-0.4, -0.2) is 9.55 Å². The first-order valence-corrected chi connectivity index (χ1v) is 8.95. The van der Waals surface area contributed by atoms with Gasteiger partial charge in [0.1, 0.15) is 10.7 Å². The maximum absolute atomic E-state index is 13.1. The molecule has 0 spiro atoms. The lowest BCUT2D eigenvalue weighted by atomic mass is 10.1. The number of aromatic nitrogens is 2. The number of nitriles is 1. The topological polar surface area (TPSA) is 58.7 Å². The van der Waals surface area contributed by atoms with Gasteiger partial charge in [0.15, 0.2) is 0 Å². The van der Waals surface area contributed by atoms with Crippen LogP contribution in [0.25, 0.3) is 21.3 Å².